The minimum atomic E-state index is -0.723. The fourth-order valence-electron chi connectivity index (χ4n) is 3.84. The number of aliphatic hydroxyl groups excluding tert-OH is 1. The van der Waals surface area contributed by atoms with E-state index in [0.717, 1.165) is 18.4 Å². The normalized spacial score (nSPS) is 28.9. The Labute approximate surface area is 124 Å². The van der Waals surface area contributed by atoms with E-state index in [9.17, 15) is 14.7 Å². The fraction of sp³-hybridized carbons (Fsp3) is 0.529. The Kier molecular flexibility index (Phi) is 3.36. The van der Waals surface area contributed by atoms with Crippen molar-refractivity contribution < 1.29 is 14.7 Å². The van der Waals surface area contributed by atoms with Crippen molar-refractivity contribution >= 4 is 11.8 Å². The highest BCUT2D eigenvalue weighted by molar-refractivity contribution is 6.22. The van der Waals surface area contributed by atoms with E-state index in [2.05, 4.69) is 6.92 Å². The molecule has 3 rings (SSSR count). The number of aryl methyl sites for hydroxylation is 1. The van der Waals surface area contributed by atoms with E-state index in [0.29, 0.717) is 29.9 Å². The summed E-state index contributed by atoms with van der Waals surface area (Å²) >= 11 is 0. The Bertz CT molecular complexity index is 610. The molecule has 0 spiro atoms. The van der Waals surface area contributed by atoms with Crippen LogP contribution >= 0.6 is 0 Å². The predicted molar refractivity (Wildman–Crippen MR) is 79.1 cm³/mol. The molecule has 0 bridgehead atoms. The van der Waals surface area contributed by atoms with Crippen LogP contribution < -0.4 is 0 Å². The maximum atomic E-state index is 12.7. The Morgan fingerprint density at radius 2 is 2.00 bits per heavy atom. The lowest BCUT2D eigenvalue weighted by molar-refractivity contribution is 0.00339. The van der Waals surface area contributed by atoms with Crippen LogP contribution in [0.3, 0.4) is 0 Å². The highest BCUT2D eigenvalue weighted by Gasteiger charge is 2.50. The highest BCUT2D eigenvalue weighted by Crippen LogP contribution is 2.40. The monoisotopic (exact) mass is 287 g/mol. The second-order valence-electron chi connectivity index (χ2n) is 6.58. The number of carbonyl (C=O) groups is 2. The van der Waals surface area contributed by atoms with Crippen LogP contribution in [0.15, 0.2) is 18.2 Å². The van der Waals surface area contributed by atoms with Crippen LogP contribution in [0.2, 0.25) is 0 Å². The summed E-state index contributed by atoms with van der Waals surface area (Å²) in [7, 11) is 0. The zero-order chi connectivity index (χ0) is 15.2. The molecule has 0 saturated heterocycles. The molecule has 1 aromatic carbocycles. The number of amides is 2. The molecule has 2 atom stereocenters. The molecule has 1 saturated carbocycles. The molecule has 1 aromatic rings. The van der Waals surface area contributed by atoms with Gasteiger partial charge in [-0.05, 0) is 37.8 Å². The minimum absolute atomic E-state index is 0.151. The molecule has 4 nitrogen and oxygen atoms in total. The third kappa shape index (κ3) is 2.09. The van der Waals surface area contributed by atoms with E-state index in [-0.39, 0.29) is 18.4 Å². The van der Waals surface area contributed by atoms with E-state index in [1.165, 1.54) is 4.90 Å². The Morgan fingerprint density at radius 3 is 2.67 bits per heavy atom. The SMILES string of the molecule is Cc1ccc2c(c1)C(=O)N(C1(CO)CCCC(C)C1)C2=O. The van der Waals surface area contributed by atoms with Gasteiger partial charge in [0.05, 0.1) is 23.3 Å². The van der Waals surface area contributed by atoms with Crippen molar-refractivity contribution in [1.82, 2.24) is 4.90 Å². The Balaban J connectivity index is 2.04. The number of hydrogen-bond acceptors (Lipinski definition) is 3. The molecule has 2 unspecified atom stereocenters. The molecular weight excluding hydrogens is 266 g/mol. The zero-order valence-electron chi connectivity index (χ0n) is 12.6. The summed E-state index contributed by atoms with van der Waals surface area (Å²) in [5.41, 5.74) is 1.19. The van der Waals surface area contributed by atoms with Gasteiger partial charge in [-0.2, -0.15) is 0 Å². The summed E-state index contributed by atoms with van der Waals surface area (Å²) in [5.74, 6) is -0.0862. The molecule has 0 aromatic heterocycles. The molecule has 1 fully saturated rings. The van der Waals surface area contributed by atoms with Crippen LogP contribution in [0, 0.1) is 12.8 Å². The molecule has 0 radical (unpaired) electrons. The van der Waals surface area contributed by atoms with Crippen LogP contribution in [-0.4, -0.2) is 34.0 Å². The second kappa shape index (κ2) is 4.95. The van der Waals surface area contributed by atoms with Gasteiger partial charge in [0, 0.05) is 0 Å². The van der Waals surface area contributed by atoms with Crippen LogP contribution in [0.25, 0.3) is 0 Å². The van der Waals surface area contributed by atoms with Crippen LogP contribution in [0.1, 0.15) is 58.9 Å². The third-order valence-corrected chi connectivity index (χ3v) is 4.88. The lowest BCUT2D eigenvalue weighted by Crippen LogP contribution is -2.56. The second-order valence-corrected chi connectivity index (χ2v) is 6.58. The summed E-state index contributed by atoms with van der Waals surface area (Å²) in [5, 5.41) is 9.94. The number of nitrogens with zero attached hydrogens (tertiary/aromatic N) is 1. The molecule has 2 aliphatic rings. The van der Waals surface area contributed by atoms with Gasteiger partial charge >= 0.3 is 0 Å². The average molecular weight is 287 g/mol. The molecule has 21 heavy (non-hydrogen) atoms. The van der Waals surface area contributed by atoms with Gasteiger partial charge in [-0.1, -0.05) is 31.4 Å². The molecule has 1 aliphatic heterocycles. The zero-order valence-corrected chi connectivity index (χ0v) is 12.6. The van der Waals surface area contributed by atoms with Gasteiger partial charge in [0.25, 0.3) is 11.8 Å². The Morgan fingerprint density at radius 1 is 1.29 bits per heavy atom. The molecule has 2 amide bonds. The van der Waals surface area contributed by atoms with Crippen LogP contribution in [0.5, 0.6) is 0 Å². The molecule has 1 aliphatic carbocycles. The smallest absolute Gasteiger partial charge is 0.262 e. The largest absolute Gasteiger partial charge is 0.394 e. The first-order valence-corrected chi connectivity index (χ1v) is 7.59. The average Bonchev–Trinajstić information content (AvgIpc) is 2.70. The van der Waals surface area contributed by atoms with Crippen molar-refractivity contribution in [1.29, 1.82) is 0 Å². The van der Waals surface area contributed by atoms with Gasteiger partial charge in [-0.15, -0.1) is 0 Å². The van der Waals surface area contributed by atoms with Gasteiger partial charge in [0.2, 0.25) is 0 Å². The summed E-state index contributed by atoms with van der Waals surface area (Å²) in [4.78, 5) is 26.7. The topological polar surface area (TPSA) is 57.6 Å². The lowest BCUT2D eigenvalue weighted by Gasteiger charge is -2.44. The van der Waals surface area contributed by atoms with Crippen molar-refractivity contribution in [3.05, 3.63) is 34.9 Å². The van der Waals surface area contributed by atoms with Crippen molar-refractivity contribution in [2.45, 2.75) is 45.1 Å². The van der Waals surface area contributed by atoms with Gasteiger partial charge in [0.15, 0.2) is 0 Å². The molecule has 1 heterocycles. The van der Waals surface area contributed by atoms with E-state index < -0.39 is 5.54 Å². The first-order valence-electron chi connectivity index (χ1n) is 7.59. The number of imide groups is 1. The standard InChI is InChI=1S/C17H21NO3/c1-11-5-6-13-14(8-11)16(21)18(15(13)20)17(10-19)7-3-4-12(2)9-17/h5-6,8,12,19H,3-4,7,9-10H2,1-2H3. The van der Waals surface area contributed by atoms with Crippen molar-refractivity contribution in [2.75, 3.05) is 6.61 Å². The summed E-state index contributed by atoms with van der Waals surface area (Å²) in [6.07, 6.45) is 3.41. The number of hydrogen-bond donors (Lipinski definition) is 1. The Hall–Kier alpha value is -1.68. The number of carbonyl (C=O) groups excluding carboxylic acids is 2. The fourth-order valence-corrected chi connectivity index (χ4v) is 3.84. The third-order valence-electron chi connectivity index (χ3n) is 4.88. The van der Waals surface area contributed by atoms with Gasteiger partial charge in [-0.25, -0.2) is 0 Å². The molecular formula is C17H21NO3. The molecule has 4 heteroatoms. The number of rotatable bonds is 2. The summed E-state index contributed by atoms with van der Waals surface area (Å²) < 4.78 is 0. The maximum Gasteiger partial charge on any atom is 0.262 e. The summed E-state index contributed by atoms with van der Waals surface area (Å²) in [6, 6.07) is 5.34. The van der Waals surface area contributed by atoms with Crippen molar-refractivity contribution in [3.8, 4) is 0 Å². The van der Waals surface area contributed by atoms with Crippen molar-refractivity contribution in [3.63, 3.8) is 0 Å². The van der Waals surface area contributed by atoms with Gasteiger partial charge in [0.1, 0.15) is 0 Å². The van der Waals surface area contributed by atoms with Crippen LogP contribution in [-0.2, 0) is 0 Å². The highest BCUT2D eigenvalue weighted by atomic mass is 16.3. The minimum Gasteiger partial charge on any atom is -0.394 e. The first-order chi connectivity index (χ1) is 9.98. The van der Waals surface area contributed by atoms with E-state index in [1.54, 1.807) is 12.1 Å². The van der Waals surface area contributed by atoms with E-state index >= 15 is 0 Å². The summed E-state index contributed by atoms with van der Waals surface area (Å²) in [6.45, 7) is 3.87. The predicted octanol–water partition coefficient (Wildman–Crippen LogP) is 2.53. The maximum absolute atomic E-state index is 12.7. The molecule has 1 N–H and O–H groups in total. The van der Waals surface area contributed by atoms with Crippen molar-refractivity contribution in [2.24, 2.45) is 5.92 Å². The quantitative estimate of drug-likeness (QED) is 0.850. The molecule has 112 valence electrons. The van der Waals surface area contributed by atoms with Crippen LogP contribution in [0.4, 0.5) is 0 Å². The van der Waals surface area contributed by atoms with E-state index in [4.69, 9.17) is 0 Å². The van der Waals surface area contributed by atoms with Gasteiger partial charge < -0.3 is 5.11 Å². The van der Waals surface area contributed by atoms with Gasteiger partial charge in [-0.3, -0.25) is 14.5 Å². The number of aliphatic hydroxyl groups is 1. The lowest BCUT2D eigenvalue weighted by atomic mass is 9.75. The van der Waals surface area contributed by atoms with E-state index in [1.807, 2.05) is 13.0 Å². The number of fused-ring (bicyclic) bond motifs is 1. The first kappa shape index (κ1) is 14.3. The number of benzene rings is 1.